The van der Waals surface area contributed by atoms with Gasteiger partial charge in [0.15, 0.2) is 0 Å². The molecule has 0 unspecified atom stereocenters. The van der Waals surface area contributed by atoms with Crippen molar-refractivity contribution in [1.29, 1.82) is 0 Å². The number of rotatable bonds is 9. The maximum atomic E-state index is 5.56. The highest BCUT2D eigenvalue weighted by Crippen LogP contribution is 2.03. The maximum Gasteiger partial charge on any atom is 0.229 e. The molecule has 0 spiro atoms. The second-order valence-electron chi connectivity index (χ2n) is 2.85. The van der Waals surface area contributed by atoms with Crippen LogP contribution >= 0.6 is 11.6 Å². The lowest BCUT2D eigenvalue weighted by atomic mass is 10.2. The molecule has 0 bridgehead atoms. The van der Waals surface area contributed by atoms with E-state index in [1.807, 2.05) is 0 Å². The summed E-state index contributed by atoms with van der Waals surface area (Å²) in [4.78, 5) is 0. The molecular weight excluding hydrogens is 188 g/mol. The third-order valence-corrected chi connectivity index (χ3v) is 2.80. The smallest absolute Gasteiger partial charge is 0.229 e. The Hall–Kier alpha value is 0.467. The van der Waals surface area contributed by atoms with Crippen LogP contribution in [0.3, 0.4) is 0 Å². The molecule has 0 aliphatic rings. The minimum Gasteiger partial charge on any atom is -0.417 e. The predicted molar refractivity (Wildman–Crippen MR) is 56.0 cm³/mol. The highest BCUT2D eigenvalue weighted by atomic mass is 35.5. The van der Waals surface area contributed by atoms with Crippen LogP contribution in [0.25, 0.3) is 0 Å². The maximum absolute atomic E-state index is 5.56. The number of unbranched alkanes of at least 4 members (excludes halogenated alkanes) is 3. The Balaban J connectivity index is 2.73. The SMILES string of the molecule is CCCO[Si]CCCCCCCl. The van der Waals surface area contributed by atoms with Gasteiger partial charge in [0, 0.05) is 12.5 Å². The van der Waals surface area contributed by atoms with Crippen molar-refractivity contribution in [2.24, 2.45) is 0 Å². The summed E-state index contributed by atoms with van der Waals surface area (Å²) in [6.07, 6.45) is 6.20. The first kappa shape index (κ1) is 12.5. The van der Waals surface area contributed by atoms with Gasteiger partial charge in [-0.2, -0.15) is 0 Å². The Kier molecular flexibility index (Phi) is 11.9. The molecule has 0 aromatic carbocycles. The first-order chi connectivity index (χ1) is 5.91. The molecule has 12 heavy (non-hydrogen) atoms. The summed E-state index contributed by atoms with van der Waals surface area (Å²) >= 11 is 5.56. The van der Waals surface area contributed by atoms with Crippen molar-refractivity contribution in [3.63, 3.8) is 0 Å². The molecule has 0 heterocycles. The average Bonchev–Trinajstić information content (AvgIpc) is 2.10. The van der Waals surface area contributed by atoms with E-state index in [1.54, 1.807) is 0 Å². The van der Waals surface area contributed by atoms with E-state index in [9.17, 15) is 0 Å². The van der Waals surface area contributed by atoms with Gasteiger partial charge >= 0.3 is 0 Å². The zero-order chi connectivity index (χ0) is 9.07. The first-order valence-electron chi connectivity index (χ1n) is 4.82. The van der Waals surface area contributed by atoms with Gasteiger partial charge in [0.25, 0.3) is 0 Å². The molecule has 2 radical (unpaired) electrons. The van der Waals surface area contributed by atoms with Gasteiger partial charge in [-0.25, -0.2) is 0 Å². The van der Waals surface area contributed by atoms with Gasteiger partial charge in [-0.1, -0.05) is 26.2 Å². The average molecular weight is 207 g/mol. The third kappa shape index (κ3) is 10.5. The van der Waals surface area contributed by atoms with Crippen molar-refractivity contribution in [3.8, 4) is 0 Å². The van der Waals surface area contributed by atoms with Crippen molar-refractivity contribution >= 4 is 21.4 Å². The minimum absolute atomic E-state index is 0.718. The summed E-state index contributed by atoms with van der Waals surface area (Å²) in [5, 5.41) is 0. The van der Waals surface area contributed by atoms with Crippen LogP contribution in [-0.2, 0) is 4.43 Å². The van der Waals surface area contributed by atoms with Crippen LogP contribution < -0.4 is 0 Å². The summed E-state index contributed by atoms with van der Waals surface area (Å²) < 4.78 is 5.39. The van der Waals surface area contributed by atoms with E-state index in [1.165, 1.54) is 31.7 Å². The molecule has 0 aliphatic heterocycles. The van der Waals surface area contributed by atoms with Crippen LogP contribution in [0.5, 0.6) is 0 Å². The van der Waals surface area contributed by atoms with Crippen LogP contribution in [0.15, 0.2) is 0 Å². The quantitative estimate of drug-likeness (QED) is 0.320. The zero-order valence-electron chi connectivity index (χ0n) is 7.94. The van der Waals surface area contributed by atoms with E-state index >= 15 is 0 Å². The molecule has 0 saturated carbocycles. The van der Waals surface area contributed by atoms with E-state index in [0.29, 0.717) is 0 Å². The Labute approximate surface area is 83.8 Å². The molecule has 0 fully saturated rings. The molecule has 0 aliphatic carbocycles. The highest BCUT2D eigenvalue weighted by Gasteiger charge is 1.92. The predicted octanol–water partition coefficient (Wildman–Crippen LogP) is 3.25. The van der Waals surface area contributed by atoms with Crippen LogP contribution in [0.4, 0.5) is 0 Å². The van der Waals surface area contributed by atoms with E-state index in [4.69, 9.17) is 16.0 Å². The molecule has 0 atom stereocenters. The molecule has 0 aromatic rings. The normalized spacial score (nSPS) is 10.5. The summed E-state index contributed by atoms with van der Waals surface area (Å²) in [6, 6.07) is 1.24. The Bertz CT molecular complexity index is 70.9. The van der Waals surface area contributed by atoms with E-state index in [0.717, 1.165) is 28.7 Å². The van der Waals surface area contributed by atoms with Crippen LogP contribution in [0, 0.1) is 0 Å². The second-order valence-corrected chi connectivity index (χ2v) is 4.30. The fraction of sp³-hybridized carbons (Fsp3) is 1.00. The second kappa shape index (κ2) is 11.5. The Morgan fingerprint density at radius 1 is 1.17 bits per heavy atom. The van der Waals surface area contributed by atoms with E-state index in [2.05, 4.69) is 6.92 Å². The Morgan fingerprint density at radius 2 is 1.92 bits per heavy atom. The summed E-state index contributed by atoms with van der Waals surface area (Å²) in [5.74, 6) is 0.814. The topological polar surface area (TPSA) is 9.23 Å². The third-order valence-electron chi connectivity index (χ3n) is 1.57. The fourth-order valence-corrected chi connectivity index (χ4v) is 1.97. The molecule has 3 heteroatoms. The van der Waals surface area contributed by atoms with Crippen LogP contribution in [0.2, 0.25) is 6.04 Å². The van der Waals surface area contributed by atoms with E-state index in [-0.39, 0.29) is 0 Å². The van der Waals surface area contributed by atoms with Crippen molar-refractivity contribution < 1.29 is 4.43 Å². The standard InChI is InChI=1S/C9H19ClOSi/c1-2-8-11-12-9-6-4-3-5-7-10/h2-9H2,1H3. The minimum atomic E-state index is 0.718. The molecular formula is C9H19ClOSi. The number of hydrogen-bond acceptors (Lipinski definition) is 1. The molecule has 72 valence electrons. The monoisotopic (exact) mass is 206 g/mol. The number of alkyl halides is 1. The van der Waals surface area contributed by atoms with Crippen molar-refractivity contribution in [2.45, 2.75) is 45.1 Å². The molecule has 0 saturated heterocycles. The molecule has 0 amide bonds. The van der Waals surface area contributed by atoms with Gasteiger partial charge < -0.3 is 4.43 Å². The summed E-state index contributed by atoms with van der Waals surface area (Å²) in [6.45, 7) is 3.07. The lowest BCUT2D eigenvalue weighted by Crippen LogP contribution is -1.98. The van der Waals surface area contributed by atoms with Crippen molar-refractivity contribution in [1.82, 2.24) is 0 Å². The van der Waals surface area contributed by atoms with Crippen LogP contribution in [0.1, 0.15) is 39.0 Å². The molecule has 0 aromatic heterocycles. The zero-order valence-corrected chi connectivity index (χ0v) is 9.70. The van der Waals surface area contributed by atoms with Crippen molar-refractivity contribution in [3.05, 3.63) is 0 Å². The van der Waals surface area contributed by atoms with E-state index < -0.39 is 0 Å². The van der Waals surface area contributed by atoms with Crippen LogP contribution in [-0.4, -0.2) is 22.3 Å². The lowest BCUT2D eigenvalue weighted by Gasteiger charge is -1.99. The first-order valence-corrected chi connectivity index (χ1v) is 6.47. The van der Waals surface area contributed by atoms with Gasteiger partial charge in [0.1, 0.15) is 0 Å². The fourth-order valence-electron chi connectivity index (χ4n) is 0.892. The number of hydrogen-bond donors (Lipinski definition) is 0. The molecule has 0 rings (SSSR count). The van der Waals surface area contributed by atoms with Gasteiger partial charge in [0.2, 0.25) is 9.76 Å². The summed E-state index contributed by atoms with van der Waals surface area (Å²) in [7, 11) is 0.718. The van der Waals surface area contributed by atoms with Gasteiger partial charge in [0.05, 0.1) is 0 Å². The van der Waals surface area contributed by atoms with Gasteiger partial charge in [-0.3, -0.25) is 0 Å². The Morgan fingerprint density at radius 3 is 2.58 bits per heavy atom. The molecule has 1 nitrogen and oxygen atoms in total. The summed E-state index contributed by atoms with van der Waals surface area (Å²) in [5.41, 5.74) is 0. The largest absolute Gasteiger partial charge is 0.417 e. The highest BCUT2D eigenvalue weighted by molar-refractivity contribution is 6.26. The van der Waals surface area contributed by atoms with Gasteiger partial charge in [-0.05, 0) is 18.9 Å². The van der Waals surface area contributed by atoms with Crippen molar-refractivity contribution in [2.75, 3.05) is 12.5 Å². The molecule has 0 N–H and O–H groups in total. The lowest BCUT2D eigenvalue weighted by molar-refractivity contribution is 0.334. The number of halogens is 1. The van der Waals surface area contributed by atoms with Gasteiger partial charge in [-0.15, -0.1) is 11.6 Å².